The highest BCUT2D eigenvalue weighted by Crippen LogP contribution is 2.32. The van der Waals surface area contributed by atoms with Crippen molar-refractivity contribution in [3.05, 3.63) is 114 Å². The molecule has 12 heteroatoms. The van der Waals surface area contributed by atoms with E-state index >= 15 is 0 Å². The molecule has 0 aliphatic heterocycles. The molecule has 0 spiro atoms. The van der Waals surface area contributed by atoms with Crippen LogP contribution in [0.15, 0.2) is 102 Å². The van der Waals surface area contributed by atoms with Gasteiger partial charge in [-0.05, 0) is 73.5 Å². The van der Waals surface area contributed by atoms with Crippen molar-refractivity contribution in [1.29, 1.82) is 0 Å². The minimum atomic E-state index is -4.45. The van der Waals surface area contributed by atoms with Gasteiger partial charge in [-0.15, -0.1) is 0 Å². The molecule has 0 radical (unpaired) electrons. The summed E-state index contributed by atoms with van der Waals surface area (Å²) >= 11 is 0. The van der Waals surface area contributed by atoms with Gasteiger partial charge in [-0.1, -0.05) is 42.5 Å². The van der Waals surface area contributed by atoms with Crippen molar-refractivity contribution >= 4 is 27.5 Å². The predicted octanol–water partition coefficient (Wildman–Crippen LogP) is 5.21. The van der Waals surface area contributed by atoms with E-state index in [2.05, 4.69) is 5.32 Å². The highest BCUT2D eigenvalue weighted by molar-refractivity contribution is 7.92. The number of hydrogen-bond acceptors (Lipinski definition) is 7. The zero-order valence-corrected chi connectivity index (χ0v) is 28.4. The van der Waals surface area contributed by atoms with Crippen LogP contribution in [0.3, 0.4) is 0 Å². The maximum atomic E-state index is 14.6. The number of sulfonamides is 1. The number of rotatable bonds is 15. The predicted molar refractivity (Wildman–Crippen MR) is 181 cm³/mol. The number of carbonyl (C=O) groups excluding carboxylic acids is 2. The van der Waals surface area contributed by atoms with Crippen molar-refractivity contribution in [3.63, 3.8) is 0 Å². The van der Waals surface area contributed by atoms with Crippen molar-refractivity contribution in [2.24, 2.45) is 0 Å². The molecular weight excluding hydrogens is 637 g/mol. The van der Waals surface area contributed by atoms with Crippen LogP contribution in [0, 0.1) is 5.82 Å². The third kappa shape index (κ3) is 8.82. The van der Waals surface area contributed by atoms with E-state index in [0.717, 1.165) is 22.0 Å². The Hall–Kier alpha value is -5.10. The quantitative estimate of drug-likeness (QED) is 0.184. The summed E-state index contributed by atoms with van der Waals surface area (Å²) in [6.07, 6.45) is 0.161. The van der Waals surface area contributed by atoms with Crippen LogP contribution in [0.2, 0.25) is 0 Å². The summed E-state index contributed by atoms with van der Waals surface area (Å²) in [7, 11) is -0.129. The molecule has 4 aromatic carbocycles. The Kier molecular flexibility index (Phi) is 12.0. The first-order valence-corrected chi connectivity index (χ1v) is 16.7. The van der Waals surface area contributed by atoms with E-state index in [1.54, 1.807) is 24.3 Å². The number of ether oxygens (including phenoxy) is 3. The molecule has 0 unspecified atom stereocenters. The lowest BCUT2D eigenvalue weighted by Crippen LogP contribution is -2.54. The van der Waals surface area contributed by atoms with Gasteiger partial charge in [0.05, 0.1) is 31.9 Å². The fraction of sp³-hybridized carbons (Fsp3) is 0.278. The molecule has 1 atom stereocenters. The van der Waals surface area contributed by atoms with Gasteiger partial charge in [0, 0.05) is 25.1 Å². The highest BCUT2D eigenvalue weighted by Gasteiger charge is 2.35. The average Bonchev–Trinajstić information content (AvgIpc) is 3.08. The smallest absolute Gasteiger partial charge is 0.264 e. The number of anilines is 1. The maximum absolute atomic E-state index is 14.6. The maximum Gasteiger partial charge on any atom is 0.264 e. The summed E-state index contributed by atoms with van der Waals surface area (Å²) in [5.74, 6) is -0.620. The average molecular weight is 678 g/mol. The van der Waals surface area contributed by atoms with Gasteiger partial charge in [-0.3, -0.25) is 13.9 Å². The van der Waals surface area contributed by atoms with E-state index in [1.165, 1.54) is 56.6 Å². The summed E-state index contributed by atoms with van der Waals surface area (Å²) in [6, 6.07) is 23.9. The molecule has 0 heterocycles. The molecule has 2 amide bonds. The zero-order valence-electron chi connectivity index (χ0n) is 27.6. The highest BCUT2D eigenvalue weighted by atomic mass is 32.2. The molecule has 0 aliphatic carbocycles. The van der Waals surface area contributed by atoms with Crippen LogP contribution in [0.1, 0.15) is 25.0 Å². The van der Waals surface area contributed by atoms with E-state index in [4.69, 9.17) is 14.2 Å². The molecule has 4 aromatic rings. The van der Waals surface area contributed by atoms with E-state index in [-0.39, 0.29) is 35.3 Å². The summed E-state index contributed by atoms with van der Waals surface area (Å²) in [4.78, 5) is 29.6. The number of halogens is 1. The topological polar surface area (TPSA) is 114 Å². The van der Waals surface area contributed by atoms with Gasteiger partial charge in [0.15, 0.2) is 11.5 Å². The second-order valence-electron chi connectivity index (χ2n) is 11.2. The number of nitrogens with zero attached hydrogens (tertiary/aromatic N) is 2. The lowest BCUT2D eigenvalue weighted by molar-refractivity contribution is -0.140. The zero-order chi connectivity index (χ0) is 34.8. The molecule has 1 N–H and O–H groups in total. The molecule has 0 bridgehead atoms. The molecule has 0 fully saturated rings. The monoisotopic (exact) mass is 677 g/mol. The minimum absolute atomic E-state index is 0.0350. The molecule has 0 aromatic heterocycles. The number of nitrogens with one attached hydrogen (secondary N) is 1. The Morgan fingerprint density at radius 1 is 0.792 bits per heavy atom. The fourth-order valence-electron chi connectivity index (χ4n) is 5.14. The van der Waals surface area contributed by atoms with Gasteiger partial charge < -0.3 is 24.4 Å². The number of carbonyl (C=O) groups is 2. The first kappa shape index (κ1) is 35.7. The van der Waals surface area contributed by atoms with Gasteiger partial charge in [-0.25, -0.2) is 12.8 Å². The van der Waals surface area contributed by atoms with Gasteiger partial charge in [0.2, 0.25) is 11.8 Å². The normalized spacial score (nSPS) is 11.8. The number of methoxy groups -OCH3 is 3. The lowest BCUT2D eigenvalue weighted by atomic mass is 10.0. The fourth-order valence-corrected chi connectivity index (χ4v) is 6.57. The van der Waals surface area contributed by atoms with E-state index in [1.807, 2.05) is 44.2 Å². The third-order valence-corrected chi connectivity index (χ3v) is 9.30. The Bertz CT molecular complexity index is 1800. The second kappa shape index (κ2) is 16.1. The molecule has 48 heavy (non-hydrogen) atoms. The number of benzene rings is 4. The first-order valence-electron chi connectivity index (χ1n) is 15.2. The Labute approximate surface area is 281 Å². The standard InChI is InChI=1S/C36H40FN3O7S/c1-25(2)38-36(42)32(21-26-10-7-6-8-11-26)39(23-27-12-9-13-30(20-27)45-3)35(41)24-40(29-16-14-28(37)15-17-29)48(43,44)31-18-19-33(46-4)34(22-31)47-5/h6-20,22,25,32H,21,23-24H2,1-5H3,(H,38,42)/t32-/m0/s1. The molecule has 0 aliphatic rings. The SMILES string of the molecule is COc1cccc(CN(C(=O)CN(c2ccc(F)cc2)S(=O)(=O)c2ccc(OC)c(OC)c2)[C@@H](Cc2ccccc2)C(=O)NC(C)C)c1. The molecule has 10 nitrogen and oxygen atoms in total. The molecule has 4 rings (SSSR count). The van der Waals surface area contributed by atoms with Crippen LogP contribution in [-0.4, -0.2) is 65.1 Å². The number of hydrogen-bond donors (Lipinski definition) is 1. The molecule has 0 saturated heterocycles. The van der Waals surface area contributed by atoms with Crippen LogP contribution >= 0.6 is 0 Å². The van der Waals surface area contributed by atoms with Crippen LogP contribution in [0.5, 0.6) is 17.2 Å². The van der Waals surface area contributed by atoms with Crippen molar-refractivity contribution in [2.75, 3.05) is 32.2 Å². The van der Waals surface area contributed by atoms with Crippen molar-refractivity contribution in [3.8, 4) is 17.2 Å². The third-order valence-electron chi connectivity index (χ3n) is 7.53. The summed E-state index contributed by atoms with van der Waals surface area (Å²) in [5.41, 5.74) is 1.51. The van der Waals surface area contributed by atoms with Crippen molar-refractivity contribution < 1.29 is 36.6 Å². The lowest BCUT2D eigenvalue weighted by Gasteiger charge is -2.34. The van der Waals surface area contributed by atoms with Gasteiger partial charge >= 0.3 is 0 Å². The van der Waals surface area contributed by atoms with E-state index in [9.17, 15) is 22.4 Å². The Balaban J connectivity index is 1.83. The Morgan fingerprint density at radius 3 is 2.08 bits per heavy atom. The van der Waals surface area contributed by atoms with Crippen molar-refractivity contribution in [1.82, 2.24) is 10.2 Å². The van der Waals surface area contributed by atoms with Gasteiger partial charge in [-0.2, -0.15) is 0 Å². The largest absolute Gasteiger partial charge is 0.497 e. The molecular formula is C36H40FN3O7S. The van der Waals surface area contributed by atoms with Gasteiger partial charge in [0.25, 0.3) is 10.0 Å². The Morgan fingerprint density at radius 2 is 1.46 bits per heavy atom. The van der Waals surface area contributed by atoms with E-state index in [0.29, 0.717) is 17.1 Å². The number of amides is 2. The van der Waals surface area contributed by atoms with Gasteiger partial charge in [0.1, 0.15) is 24.2 Å². The van der Waals surface area contributed by atoms with Crippen LogP contribution in [0.25, 0.3) is 0 Å². The molecule has 254 valence electrons. The molecule has 0 saturated carbocycles. The summed E-state index contributed by atoms with van der Waals surface area (Å²) < 4.78 is 59.5. The van der Waals surface area contributed by atoms with Crippen LogP contribution in [-0.2, 0) is 32.6 Å². The summed E-state index contributed by atoms with van der Waals surface area (Å²) in [5, 5.41) is 2.92. The van der Waals surface area contributed by atoms with E-state index < -0.39 is 40.2 Å². The van der Waals surface area contributed by atoms with Crippen molar-refractivity contribution in [2.45, 2.75) is 43.8 Å². The minimum Gasteiger partial charge on any atom is -0.497 e. The second-order valence-corrected chi connectivity index (χ2v) is 13.1. The first-order chi connectivity index (χ1) is 23.0. The van der Waals surface area contributed by atoms with Crippen LogP contribution < -0.4 is 23.8 Å². The van der Waals surface area contributed by atoms with Crippen LogP contribution in [0.4, 0.5) is 10.1 Å². The summed E-state index contributed by atoms with van der Waals surface area (Å²) in [6.45, 7) is 2.90.